The zero-order valence-electron chi connectivity index (χ0n) is 9.36. The van der Waals surface area contributed by atoms with Gasteiger partial charge in [0.1, 0.15) is 10.0 Å². The molecule has 15 heavy (non-hydrogen) atoms. The lowest BCUT2D eigenvalue weighted by Crippen LogP contribution is -2.24. The van der Waals surface area contributed by atoms with Crippen LogP contribution in [-0.2, 0) is 6.54 Å². The second kappa shape index (κ2) is 3.25. The van der Waals surface area contributed by atoms with Crippen LogP contribution in [0.15, 0.2) is 0 Å². The van der Waals surface area contributed by atoms with Crippen LogP contribution in [0.5, 0.6) is 0 Å². The van der Waals surface area contributed by atoms with Gasteiger partial charge in [0.05, 0.1) is 6.54 Å². The number of rotatable bonds is 3. The van der Waals surface area contributed by atoms with Crippen LogP contribution in [0.25, 0.3) is 0 Å². The summed E-state index contributed by atoms with van der Waals surface area (Å²) >= 11 is 1.73. The van der Waals surface area contributed by atoms with Gasteiger partial charge in [0, 0.05) is 13.1 Å². The summed E-state index contributed by atoms with van der Waals surface area (Å²) in [6, 6.07) is 0. The van der Waals surface area contributed by atoms with E-state index < -0.39 is 0 Å². The Balaban J connectivity index is 1.63. The Hall–Kier alpha value is -0.480. The topological polar surface area (TPSA) is 29.0 Å². The average molecular weight is 223 g/mol. The molecule has 1 aromatic heterocycles. The summed E-state index contributed by atoms with van der Waals surface area (Å²) in [6.45, 7) is 7.94. The minimum absolute atomic E-state index is 0.694. The third-order valence-corrected chi connectivity index (χ3v) is 4.83. The van der Waals surface area contributed by atoms with Crippen molar-refractivity contribution in [1.29, 1.82) is 0 Å². The lowest BCUT2D eigenvalue weighted by Gasteiger charge is -2.18. The Morgan fingerprint density at radius 1 is 1.53 bits per heavy atom. The first-order valence-electron chi connectivity index (χ1n) is 5.73. The van der Waals surface area contributed by atoms with E-state index in [0.717, 1.165) is 17.5 Å². The highest BCUT2D eigenvalue weighted by molar-refractivity contribution is 7.11. The van der Waals surface area contributed by atoms with Crippen molar-refractivity contribution in [3.8, 4) is 0 Å². The van der Waals surface area contributed by atoms with Crippen LogP contribution in [0.3, 0.4) is 0 Å². The number of likely N-dealkylation sites (tertiary alicyclic amines) is 1. The molecule has 2 fully saturated rings. The molecular weight excluding hydrogens is 206 g/mol. The van der Waals surface area contributed by atoms with Crippen LogP contribution in [0.4, 0.5) is 0 Å². The molecule has 0 radical (unpaired) electrons. The maximum atomic E-state index is 4.19. The maximum absolute atomic E-state index is 4.19. The summed E-state index contributed by atoms with van der Waals surface area (Å²) in [4.78, 5) is 2.55. The van der Waals surface area contributed by atoms with Gasteiger partial charge in [0.2, 0.25) is 0 Å². The molecule has 1 aromatic rings. The van der Waals surface area contributed by atoms with Crippen molar-refractivity contribution in [2.75, 3.05) is 13.1 Å². The fourth-order valence-electron chi connectivity index (χ4n) is 2.96. The second-order valence-corrected chi connectivity index (χ2v) is 6.27. The first-order valence-corrected chi connectivity index (χ1v) is 6.55. The van der Waals surface area contributed by atoms with E-state index in [1.165, 1.54) is 30.9 Å². The smallest absolute Gasteiger partial charge is 0.131 e. The third-order valence-electron chi connectivity index (χ3n) is 4.01. The van der Waals surface area contributed by atoms with Gasteiger partial charge < -0.3 is 0 Å². The van der Waals surface area contributed by atoms with Crippen LogP contribution in [0.1, 0.15) is 29.8 Å². The van der Waals surface area contributed by atoms with Crippen molar-refractivity contribution in [2.24, 2.45) is 11.3 Å². The van der Waals surface area contributed by atoms with Crippen molar-refractivity contribution < 1.29 is 0 Å². The van der Waals surface area contributed by atoms with Gasteiger partial charge in [-0.25, -0.2) is 0 Å². The highest BCUT2D eigenvalue weighted by atomic mass is 32.1. The first-order chi connectivity index (χ1) is 7.22. The van der Waals surface area contributed by atoms with Crippen molar-refractivity contribution in [3.05, 3.63) is 10.0 Å². The Morgan fingerprint density at radius 2 is 2.40 bits per heavy atom. The molecule has 1 saturated heterocycles. The molecule has 3 nitrogen and oxygen atoms in total. The maximum Gasteiger partial charge on any atom is 0.131 e. The second-order valence-electron chi connectivity index (χ2n) is 5.00. The number of aromatic nitrogens is 2. The zero-order valence-corrected chi connectivity index (χ0v) is 10.2. The van der Waals surface area contributed by atoms with Gasteiger partial charge in [0.25, 0.3) is 0 Å². The minimum Gasteiger partial charge on any atom is -0.296 e. The molecule has 2 heterocycles. The van der Waals surface area contributed by atoms with Crippen molar-refractivity contribution in [1.82, 2.24) is 15.1 Å². The van der Waals surface area contributed by atoms with Crippen LogP contribution < -0.4 is 0 Å². The van der Waals surface area contributed by atoms with E-state index in [0.29, 0.717) is 5.41 Å². The van der Waals surface area contributed by atoms with Gasteiger partial charge in [0.15, 0.2) is 0 Å². The van der Waals surface area contributed by atoms with E-state index in [1.54, 1.807) is 11.3 Å². The summed E-state index contributed by atoms with van der Waals surface area (Å²) < 4.78 is 0. The predicted octanol–water partition coefficient (Wildman–Crippen LogP) is 2.08. The molecule has 3 rings (SSSR count). The molecular formula is C11H17N3S. The number of nitrogens with zero attached hydrogens (tertiary/aromatic N) is 3. The van der Waals surface area contributed by atoms with E-state index in [2.05, 4.69) is 22.0 Å². The molecule has 0 aromatic carbocycles. The van der Waals surface area contributed by atoms with Crippen molar-refractivity contribution in [2.45, 2.75) is 33.2 Å². The Labute approximate surface area is 94.5 Å². The number of hydrogen-bond donors (Lipinski definition) is 0. The minimum atomic E-state index is 0.694. The molecule has 1 aliphatic carbocycles. The standard InChI is InChI=1S/C11H17N3S/c1-3-11-4-9(11)5-14(7-11)6-10-13-12-8(2)15-10/h9H,3-7H2,1-2H3. The van der Waals surface area contributed by atoms with Gasteiger partial charge >= 0.3 is 0 Å². The normalized spacial score (nSPS) is 34.4. The van der Waals surface area contributed by atoms with Crippen LogP contribution in [-0.4, -0.2) is 28.2 Å². The van der Waals surface area contributed by atoms with Gasteiger partial charge in [-0.3, -0.25) is 4.90 Å². The Bertz CT molecular complexity index is 372. The van der Waals surface area contributed by atoms with Gasteiger partial charge in [-0.05, 0) is 31.1 Å². The molecule has 2 atom stereocenters. The van der Waals surface area contributed by atoms with Crippen molar-refractivity contribution >= 4 is 11.3 Å². The van der Waals surface area contributed by atoms with Crippen LogP contribution in [0, 0.1) is 18.3 Å². The molecule has 1 aliphatic heterocycles. The summed E-state index contributed by atoms with van der Waals surface area (Å²) in [6.07, 6.45) is 2.82. The first kappa shape index (κ1) is 9.73. The molecule has 82 valence electrons. The molecule has 0 spiro atoms. The monoisotopic (exact) mass is 223 g/mol. The summed E-state index contributed by atoms with van der Waals surface area (Å²) in [5, 5.41) is 10.5. The van der Waals surface area contributed by atoms with E-state index in [-0.39, 0.29) is 0 Å². The molecule has 1 saturated carbocycles. The van der Waals surface area contributed by atoms with E-state index in [4.69, 9.17) is 0 Å². The summed E-state index contributed by atoms with van der Waals surface area (Å²) in [7, 11) is 0. The summed E-state index contributed by atoms with van der Waals surface area (Å²) in [5.41, 5.74) is 0.694. The molecule has 2 aliphatic rings. The van der Waals surface area contributed by atoms with Gasteiger partial charge in [-0.2, -0.15) is 0 Å². The summed E-state index contributed by atoms with van der Waals surface area (Å²) in [5.74, 6) is 0.983. The van der Waals surface area contributed by atoms with Gasteiger partial charge in [-0.1, -0.05) is 6.92 Å². The fourth-order valence-corrected chi connectivity index (χ4v) is 3.71. The fraction of sp³-hybridized carbons (Fsp3) is 0.818. The zero-order chi connectivity index (χ0) is 10.5. The Kier molecular flexibility index (Phi) is 2.11. The van der Waals surface area contributed by atoms with E-state index in [9.17, 15) is 0 Å². The number of piperidine rings is 1. The molecule has 0 amide bonds. The van der Waals surface area contributed by atoms with Crippen LogP contribution in [0.2, 0.25) is 0 Å². The quantitative estimate of drug-likeness (QED) is 0.785. The Morgan fingerprint density at radius 3 is 3.00 bits per heavy atom. The molecule has 0 N–H and O–H groups in total. The average Bonchev–Trinajstić information content (AvgIpc) is 2.56. The SMILES string of the molecule is CCC12CC1CN(Cc1nnc(C)s1)C2. The number of fused-ring (bicyclic) bond motifs is 1. The van der Waals surface area contributed by atoms with Gasteiger partial charge in [-0.15, -0.1) is 21.5 Å². The van der Waals surface area contributed by atoms with Crippen LogP contribution >= 0.6 is 11.3 Å². The highest BCUT2D eigenvalue weighted by Gasteiger charge is 2.58. The highest BCUT2D eigenvalue weighted by Crippen LogP contribution is 2.60. The molecule has 4 heteroatoms. The lowest BCUT2D eigenvalue weighted by atomic mass is 10.0. The lowest BCUT2D eigenvalue weighted by molar-refractivity contribution is 0.269. The van der Waals surface area contributed by atoms with E-state index in [1.807, 2.05) is 6.92 Å². The largest absolute Gasteiger partial charge is 0.296 e. The van der Waals surface area contributed by atoms with E-state index >= 15 is 0 Å². The van der Waals surface area contributed by atoms with Crippen molar-refractivity contribution in [3.63, 3.8) is 0 Å². The number of aryl methyl sites for hydroxylation is 1. The predicted molar refractivity (Wildman–Crippen MR) is 60.8 cm³/mol. The number of hydrogen-bond acceptors (Lipinski definition) is 4. The third kappa shape index (κ3) is 1.60. The molecule has 2 unspecified atom stereocenters. The molecule has 0 bridgehead atoms.